The minimum absolute atomic E-state index is 0.601. The third-order valence-electron chi connectivity index (χ3n) is 1.40. The van der Waals surface area contributed by atoms with Crippen LogP contribution in [0.4, 0.5) is 13.2 Å². The van der Waals surface area contributed by atoms with Gasteiger partial charge in [0.15, 0.2) is 0 Å². The molecule has 0 bridgehead atoms. The van der Waals surface area contributed by atoms with Crippen LogP contribution in [-0.4, -0.2) is 15.9 Å². The summed E-state index contributed by atoms with van der Waals surface area (Å²) in [5.74, 6) is 0. The number of nitrogens with zero attached hydrogens (tertiary/aromatic N) is 1. The maximum absolute atomic E-state index is 12.1. The van der Waals surface area contributed by atoms with Gasteiger partial charge in [-0.05, 0) is 0 Å². The Morgan fingerprint density at radius 2 is 1.69 bits per heavy atom. The van der Waals surface area contributed by atoms with Gasteiger partial charge in [-0.3, -0.25) is 0 Å². The van der Waals surface area contributed by atoms with E-state index in [4.69, 9.17) is 45.3 Å². The maximum atomic E-state index is 12.1. The van der Waals surface area contributed by atoms with E-state index < -0.39 is 20.7 Å². The number of hydrogen-bond donors (Lipinski definition) is 0. The van der Waals surface area contributed by atoms with Gasteiger partial charge in [0.05, 0.1) is 0 Å². The number of hydrogen-bond acceptors (Lipinski definition) is 2. The molecular formula is C3H3Cl4F3NOP. The summed E-state index contributed by atoms with van der Waals surface area (Å²) in [5.41, 5.74) is 0. The molecular weight excluding hydrogens is 296 g/mol. The van der Waals surface area contributed by atoms with Crippen molar-refractivity contribution < 1.29 is 18.0 Å². The van der Waals surface area contributed by atoms with Crippen LogP contribution in [0.3, 0.4) is 0 Å². The molecule has 1 fully saturated rings. The molecule has 1 saturated heterocycles. The Morgan fingerprint density at radius 1 is 1.31 bits per heavy atom. The van der Waals surface area contributed by atoms with Crippen molar-refractivity contribution in [2.75, 3.05) is 0 Å². The van der Waals surface area contributed by atoms with Gasteiger partial charge >= 0.3 is 91.0 Å². The predicted molar refractivity (Wildman–Crippen MR) is 47.7 cm³/mol. The van der Waals surface area contributed by atoms with Crippen LogP contribution < -0.4 is 0 Å². The molecule has 0 N–H and O–H groups in total. The Balaban J connectivity index is 3.02. The summed E-state index contributed by atoms with van der Waals surface area (Å²) in [4.78, 5) is -3.11. The van der Waals surface area contributed by atoms with E-state index in [-0.39, 0.29) is 0 Å². The summed E-state index contributed by atoms with van der Waals surface area (Å²) < 4.78 is 36.3. The van der Waals surface area contributed by atoms with Crippen molar-refractivity contribution >= 4 is 50.1 Å². The second-order valence-electron chi connectivity index (χ2n) is 2.47. The van der Waals surface area contributed by atoms with E-state index in [0.717, 1.165) is 6.92 Å². The molecule has 0 saturated carbocycles. The first-order valence-corrected chi connectivity index (χ1v) is 8.08. The molecule has 1 heterocycles. The molecule has 1 aliphatic rings. The standard InChI is InChI=1S/C3H3Cl4F3NOP/c1-2(4)12-11(3(8,9)10)13(2,5,6)7/h1H3. The molecule has 13 heavy (non-hydrogen) atoms. The van der Waals surface area contributed by atoms with Gasteiger partial charge in [-0.25, -0.2) is 0 Å². The van der Waals surface area contributed by atoms with E-state index in [1.165, 1.54) is 0 Å². The summed E-state index contributed by atoms with van der Waals surface area (Å²) in [5, 5.41) is 0. The fraction of sp³-hybridized carbons (Fsp3) is 1.00. The van der Waals surface area contributed by atoms with Gasteiger partial charge in [-0.1, -0.05) is 0 Å². The zero-order valence-electron chi connectivity index (χ0n) is 5.95. The van der Waals surface area contributed by atoms with Crippen molar-refractivity contribution in [3.8, 4) is 0 Å². The molecule has 1 atom stereocenters. The van der Waals surface area contributed by atoms with Crippen LogP contribution in [0.1, 0.15) is 6.92 Å². The van der Waals surface area contributed by atoms with Gasteiger partial charge in [0.25, 0.3) is 0 Å². The average molecular weight is 299 g/mol. The summed E-state index contributed by atoms with van der Waals surface area (Å²) >= 11 is 21.7. The first-order chi connectivity index (χ1) is 5.37. The van der Waals surface area contributed by atoms with Crippen LogP contribution in [-0.2, 0) is 4.84 Å². The summed E-state index contributed by atoms with van der Waals surface area (Å²) in [6, 6.07) is 0. The number of alkyl halides is 4. The van der Waals surface area contributed by atoms with Crippen molar-refractivity contribution in [2.24, 2.45) is 0 Å². The van der Waals surface area contributed by atoms with Gasteiger partial charge in [0, 0.05) is 0 Å². The van der Waals surface area contributed by atoms with Gasteiger partial charge in [0.1, 0.15) is 0 Å². The molecule has 0 radical (unpaired) electrons. The Morgan fingerprint density at radius 3 is 1.77 bits per heavy atom. The van der Waals surface area contributed by atoms with Crippen LogP contribution >= 0.6 is 50.1 Å². The van der Waals surface area contributed by atoms with Gasteiger partial charge in [-0.2, -0.15) is 0 Å². The van der Waals surface area contributed by atoms with Crippen molar-refractivity contribution in [3.63, 3.8) is 0 Å². The van der Waals surface area contributed by atoms with Crippen molar-refractivity contribution in [1.29, 1.82) is 0 Å². The van der Waals surface area contributed by atoms with E-state index in [1.54, 1.807) is 0 Å². The van der Waals surface area contributed by atoms with E-state index in [0.29, 0.717) is 0 Å². The number of rotatable bonds is 0. The normalized spacial score (nSPS) is 41.7. The quantitative estimate of drug-likeness (QED) is 0.368. The fourth-order valence-electron chi connectivity index (χ4n) is 0.656. The molecule has 0 spiro atoms. The van der Waals surface area contributed by atoms with Crippen LogP contribution in [0, 0.1) is 0 Å². The van der Waals surface area contributed by atoms with Crippen LogP contribution in [0.25, 0.3) is 0 Å². The van der Waals surface area contributed by atoms with Crippen molar-refractivity contribution in [3.05, 3.63) is 0 Å². The Hall–Kier alpha value is 1.30. The van der Waals surface area contributed by atoms with E-state index in [2.05, 4.69) is 4.84 Å². The first kappa shape index (κ1) is 12.4. The predicted octanol–water partition coefficient (Wildman–Crippen LogP) is 4.60. The summed E-state index contributed by atoms with van der Waals surface area (Å²) in [6.07, 6.45) is -4.86. The van der Waals surface area contributed by atoms with Gasteiger partial charge in [0.2, 0.25) is 0 Å². The molecule has 1 aliphatic heterocycles. The molecule has 0 amide bonds. The molecule has 2 nitrogen and oxygen atoms in total. The van der Waals surface area contributed by atoms with E-state index in [9.17, 15) is 13.2 Å². The molecule has 10 heteroatoms. The number of hydroxylamine groups is 1. The zero-order valence-corrected chi connectivity index (χ0v) is 9.87. The van der Waals surface area contributed by atoms with Crippen molar-refractivity contribution in [1.82, 2.24) is 4.83 Å². The molecule has 80 valence electrons. The van der Waals surface area contributed by atoms with Crippen LogP contribution in [0.2, 0.25) is 0 Å². The zero-order chi connectivity index (χ0) is 10.7. The van der Waals surface area contributed by atoms with Crippen LogP contribution in [0.15, 0.2) is 0 Å². The second-order valence-corrected chi connectivity index (χ2v) is 13.7. The molecule has 0 aromatic carbocycles. The minimum atomic E-state index is -4.86. The third-order valence-corrected chi connectivity index (χ3v) is 9.62. The summed E-state index contributed by atoms with van der Waals surface area (Å²) in [7, 11) is 0. The number of halogens is 7. The van der Waals surface area contributed by atoms with E-state index >= 15 is 0 Å². The Labute approximate surface area is 91.1 Å². The topological polar surface area (TPSA) is 12.5 Å². The second kappa shape index (κ2) is 2.70. The van der Waals surface area contributed by atoms with Crippen LogP contribution in [0.5, 0.6) is 0 Å². The monoisotopic (exact) mass is 297 g/mol. The van der Waals surface area contributed by atoms with Gasteiger partial charge in [-0.15, -0.1) is 0 Å². The van der Waals surface area contributed by atoms with Crippen molar-refractivity contribution in [2.45, 2.75) is 18.0 Å². The molecule has 0 aromatic rings. The first-order valence-electron chi connectivity index (χ1n) is 2.80. The third kappa shape index (κ3) is 1.63. The summed E-state index contributed by atoms with van der Waals surface area (Å²) in [6.45, 7) is 1.07. The Bertz CT molecular complexity index is 247. The fourth-order valence-corrected chi connectivity index (χ4v) is 3.40. The average Bonchev–Trinajstić information content (AvgIpc) is 1.79. The molecule has 1 rings (SSSR count). The molecule has 0 aromatic heterocycles. The van der Waals surface area contributed by atoms with E-state index in [1.807, 2.05) is 0 Å². The Kier molecular flexibility index (Phi) is 2.57. The van der Waals surface area contributed by atoms with Gasteiger partial charge < -0.3 is 0 Å². The SMILES string of the molecule is CC1(Cl)ON(C(F)(F)F)P1(Cl)(Cl)Cl. The molecule has 1 unspecified atom stereocenters. The molecule has 0 aliphatic carbocycles.